The zero-order valence-electron chi connectivity index (χ0n) is 13.1. The predicted molar refractivity (Wildman–Crippen MR) is 91.9 cm³/mol. The van der Waals surface area contributed by atoms with E-state index < -0.39 is 0 Å². The molecule has 0 radical (unpaired) electrons. The van der Waals surface area contributed by atoms with Crippen LogP contribution in [0.4, 0.5) is 0 Å². The first-order chi connectivity index (χ1) is 11.8. The Morgan fingerprint density at radius 3 is 2.88 bits per heavy atom. The maximum absolute atomic E-state index is 12.6. The van der Waals surface area contributed by atoms with Gasteiger partial charge >= 0.3 is 0 Å². The molecule has 4 rings (SSSR count). The highest BCUT2D eigenvalue weighted by atomic mass is 32.1. The molecule has 5 nitrogen and oxygen atoms in total. The lowest BCUT2D eigenvalue weighted by atomic mass is 9.97. The molecule has 2 aromatic heterocycles. The Kier molecular flexibility index (Phi) is 4.13. The molecule has 0 unspecified atom stereocenters. The third kappa shape index (κ3) is 2.97. The van der Waals surface area contributed by atoms with Crippen molar-refractivity contribution >= 4 is 17.2 Å². The molecule has 0 saturated carbocycles. The van der Waals surface area contributed by atoms with Crippen LogP contribution >= 0.6 is 11.3 Å². The van der Waals surface area contributed by atoms with Crippen molar-refractivity contribution in [2.45, 2.75) is 18.8 Å². The summed E-state index contributed by atoms with van der Waals surface area (Å²) in [4.78, 5) is 20.1. The lowest BCUT2D eigenvalue weighted by molar-refractivity contribution is 0.0695. The number of likely N-dealkylation sites (tertiary alicyclic amines) is 1. The number of benzene rings is 1. The molecule has 122 valence electrons. The van der Waals surface area contributed by atoms with Crippen molar-refractivity contribution < 1.29 is 9.32 Å². The third-order valence-electron chi connectivity index (χ3n) is 4.26. The van der Waals surface area contributed by atoms with Gasteiger partial charge in [-0.15, -0.1) is 11.3 Å². The number of thiophene rings is 1. The van der Waals surface area contributed by atoms with Crippen LogP contribution in [0.1, 0.15) is 35.0 Å². The summed E-state index contributed by atoms with van der Waals surface area (Å²) in [6, 6.07) is 13.4. The second-order valence-corrected chi connectivity index (χ2v) is 6.84. The van der Waals surface area contributed by atoms with Gasteiger partial charge in [0.1, 0.15) is 0 Å². The van der Waals surface area contributed by atoms with E-state index in [0.29, 0.717) is 18.3 Å². The van der Waals surface area contributed by atoms with E-state index in [0.717, 1.165) is 29.8 Å². The summed E-state index contributed by atoms with van der Waals surface area (Å²) in [5.74, 6) is 1.43. The summed E-state index contributed by atoms with van der Waals surface area (Å²) in [6.45, 7) is 1.40. The Balaban J connectivity index is 1.50. The molecule has 3 heterocycles. The van der Waals surface area contributed by atoms with Gasteiger partial charge in [-0.3, -0.25) is 4.79 Å². The fourth-order valence-corrected chi connectivity index (χ4v) is 3.68. The number of hydrogen-bond donors (Lipinski definition) is 0. The van der Waals surface area contributed by atoms with E-state index in [1.807, 2.05) is 52.7 Å². The summed E-state index contributed by atoms with van der Waals surface area (Å²) in [7, 11) is 0. The van der Waals surface area contributed by atoms with Crippen LogP contribution in [-0.2, 0) is 0 Å². The van der Waals surface area contributed by atoms with Crippen molar-refractivity contribution in [1.29, 1.82) is 0 Å². The minimum Gasteiger partial charge on any atom is -0.339 e. The average molecular weight is 339 g/mol. The number of amides is 1. The van der Waals surface area contributed by atoms with E-state index in [1.54, 1.807) is 11.3 Å². The molecule has 6 heteroatoms. The average Bonchev–Trinajstić information content (AvgIpc) is 3.33. The molecule has 1 atom stereocenters. The molecule has 0 spiro atoms. The number of carbonyl (C=O) groups is 1. The maximum atomic E-state index is 12.6. The number of aromatic nitrogens is 2. The summed E-state index contributed by atoms with van der Waals surface area (Å²) in [6.07, 6.45) is 1.91. The van der Waals surface area contributed by atoms with Gasteiger partial charge in [0.15, 0.2) is 0 Å². The number of hydrogen-bond acceptors (Lipinski definition) is 5. The van der Waals surface area contributed by atoms with Crippen molar-refractivity contribution in [2.75, 3.05) is 13.1 Å². The molecular formula is C18H17N3O2S. The summed E-state index contributed by atoms with van der Waals surface area (Å²) < 4.78 is 5.47. The Morgan fingerprint density at radius 1 is 1.21 bits per heavy atom. The maximum Gasteiger partial charge on any atom is 0.253 e. The largest absolute Gasteiger partial charge is 0.339 e. The van der Waals surface area contributed by atoms with E-state index in [-0.39, 0.29) is 11.8 Å². The van der Waals surface area contributed by atoms with Crippen molar-refractivity contribution in [3.05, 3.63) is 59.3 Å². The van der Waals surface area contributed by atoms with Crippen molar-refractivity contribution in [3.8, 4) is 10.7 Å². The summed E-state index contributed by atoms with van der Waals surface area (Å²) in [5, 5.41) is 6.08. The molecule has 0 N–H and O–H groups in total. The summed E-state index contributed by atoms with van der Waals surface area (Å²) in [5.41, 5.74) is 0.725. The number of piperidine rings is 1. The molecule has 1 aliphatic rings. The lowest BCUT2D eigenvalue weighted by Gasteiger charge is -2.31. The van der Waals surface area contributed by atoms with Crippen LogP contribution < -0.4 is 0 Å². The Labute approximate surface area is 143 Å². The van der Waals surface area contributed by atoms with E-state index >= 15 is 0 Å². The summed E-state index contributed by atoms with van der Waals surface area (Å²) >= 11 is 1.59. The predicted octanol–water partition coefficient (Wildman–Crippen LogP) is 3.82. The van der Waals surface area contributed by atoms with Gasteiger partial charge in [-0.1, -0.05) is 29.4 Å². The molecule has 1 aliphatic heterocycles. The Hall–Kier alpha value is -2.47. The molecule has 0 bridgehead atoms. The first-order valence-electron chi connectivity index (χ1n) is 8.03. The molecule has 1 fully saturated rings. The topological polar surface area (TPSA) is 59.2 Å². The molecule has 0 aliphatic carbocycles. The van der Waals surface area contributed by atoms with Gasteiger partial charge in [-0.25, -0.2) is 0 Å². The van der Waals surface area contributed by atoms with Crippen LogP contribution in [0.3, 0.4) is 0 Å². The normalized spacial score (nSPS) is 17.8. The second kappa shape index (κ2) is 6.57. The molecule has 1 saturated heterocycles. The molecule has 24 heavy (non-hydrogen) atoms. The van der Waals surface area contributed by atoms with Crippen LogP contribution in [0.25, 0.3) is 10.7 Å². The van der Waals surface area contributed by atoms with Gasteiger partial charge in [0.2, 0.25) is 11.7 Å². The SMILES string of the molecule is O=C(c1ccccc1)N1CCC[C@@H](c2nc(-c3cccs3)no2)C1. The highest BCUT2D eigenvalue weighted by Gasteiger charge is 2.29. The van der Waals surface area contributed by atoms with Crippen molar-refractivity contribution in [2.24, 2.45) is 0 Å². The third-order valence-corrected chi connectivity index (χ3v) is 5.13. The van der Waals surface area contributed by atoms with E-state index in [2.05, 4.69) is 10.1 Å². The zero-order chi connectivity index (χ0) is 16.4. The number of nitrogens with zero attached hydrogens (tertiary/aromatic N) is 3. The molecular weight excluding hydrogens is 322 g/mol. The van der Waals surface area contributed by atoms with E-state index in [1.165, 1.54) is 0 Å². The zero-order valence-corrected chi connectivity index (χ0v) is 13.9. The lowest BCUT2D eigenvalue weighted by Crippen LogP contribution is -2.39. The van der Waals surface area contributed by atoms with Gasteiger partial charge in [0, 0.05) is 18.7 Å². The van der Waals surface area contributed by atoms with Crippen LogP contribution in [0, 0.1) is 0 Å². The molecule has 1 aromatic carbocycles. The first kappa shape index (κ1) is 15.1. The monoisotopic (exact) mass is 339 g/mol. The van der Waals surface area contributed by atoms with Crippen LogP contribution in [0.5, 0.6) is 0 Å². The van der Waals surface area contributed by atoms with Crippen LogP contribution in [0.15, 0.2) is 52.4 Å². The fraction of sp³-hybridized carbons (Fsp3) is 0.278. The Morgan fingerprint density at radius 2 is 2.08 bits per heavy atom. The van der Waals surface area contributed by atoms with Gasteiger partial charge in [-0.2, -0.15) is 4.98 Å². The highest BCUT2D eigenvalue weighted by molar-refractivity contribution is 7.13. The second-order valence-electron chi connectivity index (χ2n) is 5.89. The number of carbonyl (C=O) groups excluding carboxylic acids is 1. The molecule has 1 amide bonds. The smallest absolute Gasteiger partial charge is 0.253 e. The quantitative estimate of drug-likeness (QED) is 0.728. The van der Waals surface area contributed by atoms with E-state index in [4.69, 9.17) is 4.52 Å². The van der Waals surface area contributed by atoms with Crippen molar-refractivity contribution in [1.82, 2.24) is 15.0 Å². The van der Waals surface area contributed by atoms with E-state index in [9.17, 15) is 4.79 Å². The minimum absolute atomic E-state index is 0.0679. The standard InChI is InChI=1S/C18H17N3O2S/c22-18(13-6-2-1-3-7-13)21-10-4-8-14(12-21)17-19-16(20-23-17)15-9-5-11-24-15/h1-3,5-7,9,11,14H,4,8,10,12H2/t14-/m1/s1. The van der Waals surface area contributed by atoms with Crippen LogP contribution in [0.2, 0.25) is 0 Å². The Bertz CT molecular complexity index is 814. The number of rotatable bonds is 3. The van der Waals surface area contributed by atoms with Crippen LogP contribution in [-0.4, -0.2) is 34.0 Å². The molecule has 3 aromatic rings. The fourth-order valence-electron chi connectivity index (χ4n) is 3.03. The highest BCUT2D eigenvalue weighted by Crippen LogP contribution is 2.29. The minimum atomic E-state index is 0.0679. The van der Waals surface area contributed by atoms with Gasteiger partial charge in [-0.05, 0) is 36.4 Å². The van der Waals surface area contributed by atoms with Gasteiger partial charge in [0.05, 0.1) is 10.8 Å². The first-order valence-corrected chi connectivity index (χ1v) is 8.91. The van der Waals surface area contributed by atoms with Crippen molar-refractivity contribution in [3.63, 3.8) is 0 Å². The van der Waals surface area contributed by atoms with Gasteiger partial charge in [0.25, 0.3) is 5.91 Å². The van der Waals surface area contributed by atoms with Gasteiger partial charge < -0.3 is 9.42 Å².